The van der Waals surface area contributed by atoms with Crippen LogP contribution in [0.5, 0.6) is 0 Å². The summed E-state index contributed by atoms with van der Waals surface area (Å²) in [6.45, 7) is 4.09. The van der Waals surface area contributed by atoms with Crippen molar-refractivity contribution in [2.75, 3.05) is 26.3 Å². The molecule has 1 aromatic carbocycles. The summed E-state index contributed by atoms with van der Waals surface area (Å²) in [5.41, 5.74) is 1.07. The monoisotopic (exact) mass is 393 g/mol. The highest BCUT2D eigenvalue weighted by Crippen LogP contribution is 2.40. The van der Waals surface area contributed by atoms with Crippen molar-refractivity contribution in [3.05, 3.63) is 46.7 Å². The van der Waals surface area contributed by atoms with Gasteiger partial charge in [-0.1, -0.05) is 23.7 Å². The van der Waals surface area contributed by atoms with E-state index in [1.165, 1.54) is 0 Å². The molecular formula is C21H28ClNO4. The van der Waals surface area contributed by atoms with Gasteiger partial charge in [0, 0.05) is 43.2 Å². The topological polar surface area (TPSA) is 59.0 Å². The lowest BCUT2D eigenvalue weighted by Crippen LogP contribution is -2.39. The SMILES string of the molecule is CCO[C@H]1OC(C(=O)N2CCCC2)=C[C@@H](c2ccc(Cl)cc2)[C@@H]1CCCO. The Labute approximate surface area is 165 Å². The second-order valence-electron chi connectivity index (χ2n) is 7.08. The van der Waals surface area contributed by atoms with E-state index in [9.17, 15) is 9.90 Å². The summed E-state index contributed by atoms with van der Waals surface area (Å²) < 4.78 is 11.9. The van der Waals surface area contributed by atoms with E-state index < -0.39 is 6.29 Å². The molecule has 0 radical (unpaired) electrons. The molecule has 0 bridgehead atoms. The number of rotatable bonds is 7. The Bertz CT molecular complexity index is 655. The van der Waals surface area contributed by atoms with Gasteiger partial charge in [0.25, 0.3) is 5.91 Å². The van der Waals surface area contributed by atoms with E-state index in [1.54, 1.807) is 0 Å². The number of carbonyl (C=O) groups excluding carboxylic acids is 1. The van der Waals surface area contributed by atoms with Gasteiger partial charge in [0.15, 0.2) is 5.76 Å². The van der Waals surface area contributed by atoms with Crippen LogP contribution in [-0.4, -0.2) is 48.5 Å². The first-order valence-electron chi connectivity index (χ1n) is 9.79. The molecule has 0 unspecified atom stereocenters. The molecule has 2 heterocycles. The Kier molecular flexibility index (Phi) is 7.16. The lowest BCUT2D eigenvalue weighted by atomic mass is 9.80. The molecule has 1 amide bonds. The van der Waals surface area contributed by atoms with E-state index in [-0.39, 0.29) is 24.3 Å². The van der Waals surface area contributed by atoms with Gasteiger partial charge in [0.1, 0.15) is 0 Å². The standard InChI is InChI=1S/C21H28ClNO4/c1-2-26-21-17(6-5-13-24)18(15-7-9-16(22)10-8-15)14-19(27-21)20(25)23-11-3-4-12-23/h7-10,14,17-18,21,24H,2-6,11-13H2,1H3/t17-,18-,21-/m0/s1. The van der Waals surface area contributed by atoms with Gasteiger partial charge in [-0.3, -0.25) is 4.79 Å². The Morgan fingerprint density at radius 3 is 2.63 bits per heavy atom. The first kappa shape index (κ1) is 20.2. The molecule has 0 spiro atoms. The maximum atomic E-state index is 12.9. The number of allylic oxidation sites excluding steroid dienone is 1. The molecule has 0 aromatic heterocycles. The molecule has 1 fully saturated rings. The molecule has 5 nitrogen and oxygen atoms in total. The van der Waals surface area contributed by atoms with E-state index >= 15 is 0 Å². The maximum absolute atomic E-state index is 12.9. The van der Waals surface area contributed by atoms with Crippen LogP contribution in [0.15, 0.2) is 36.1 Å². The molecular weight excluding hydrogens is 366 g/mol. The molecule has 0 aliphatic carbocycles. The van der Waals surface area contributed by atoms with Gasteiger partial charge >= 0.3 is 0 Å². The second kappa shape index (κ2) is 9.58. The minimum absolute atomic E-state index is 0.0217. The third-order valence-electron chi connectivity index (χ3n) is 5.27. The van der Waals surface area contributed by atoms with Crippen LogP contribution in [0.1, 0.15) is 44.1 Å². The number of nitrogens with zero attached hydrogens (tertiary/aromatic N) is 1. The molecule has 1 N–H and O–H groups in total. The second-order valence-corrected chi connectivity index (χ2v) is 7.52. The van der Waals surface area contributed by atoms with Crippen molar-refractivity contribution >= 4 is 17.5 Å². The van der Waals surface area contributed by atoms with Gasteiger partial charge in [0.05, 0.1) is 0 Å². The van der Waals surface area contributed by atoms with Gasteiger partial charge < -0.3 is 19.5 Å². The van der Waals surface area contributed by atoms with Crippen molar-refractivity contribution < 1.29 is 19.4 Å². The predicted octanol–water partition coefficient (Wildman–Crippen LogP) is 3.71. The lowest BCUT2D eigenvalue weighted by molar-refractivity contribution is -0.170. The normalized spacial score (nSPS) is 25.2. The van der Waals surface area contributed by atoms with E-state index in [2.05, 4.69) is 0 Å². The fourth-order valence-electron chi connectivity index (χ4n) is 3.90. The number of hydrogen-bond acceptors (Lipinski definition) is 4. The van der Waals surface area contributed by atoms with E-state index in [4.69, 9.17) is 21.1 Å². The van der Waals surface area contributed by atoms with Crippen molar-refractivity contribution in [2.24, 2.45) is 5.92 Å². The molecule has 3 atom stereocenters. The number of carbonyl (C=O) groups is 1. The van der Waals surface area contributed by atoms with E-state index in [1.807, 2.05) is 42.2 Å². The molecule has 6 heteroatoms. The number of benzene rings is 1. The van der Waals surface area contributed by atoms with Crippen LogP contribution < -0.4 is 0 Å². The van der Waals surface area contributed by atoms with Gasteiger partial charge in [0.2, 0.25) is 6.29 Å². The van der Waals surface area contributed by atoms with Crippen LogP contribution in [0.2, 0.25) is 5.02 Å². The van der Waals surface area contributed by atoms with Crippen LogP contribution in [-0.2, 0) is 14.3 Å². The van der Waals surface area contributed by atoms with Crippen LogP contribution in [0.25, 0.3) is 0 Å². The highest BCUT2D eigenvalue weighted by atomic mass is 35.5. The molecule has 2 aliphatic rings. The summed E-state index contributed by atoms with van der Waals surface area (Å²) in [5, 5.41) is 9.99. The summed E-state index contributed by atoms with van der Waals surface area (Å²) in [6.07, 6.45) is 4.90. The Hall–Kier alpha value is -1.56. The van der Waals surface area contributed by atoms with Crippen molar-refractivity contribution in [3.63, 3.8) is 0 Å². The average Bonchev–Trinajstić information content (AvgIpc) is 3.21. The summed E-state index contributed by atoms with van der Waals surface area (Å²) in [6, 6.07) is 7.70. The fourth-order valence-corrected chi connectivity index (χ4v) is 4.02. The van der Waals surface area contributed by atoms with Crippen LogP contribution >= 0.6 is 11.6 Å². The molecule has 27 heavy (non-hydrogen) atoms. The number of aliphatic hydroxyl groups excluding tert-OH is 1. The van der Waals surface area contributed by atoms with Gasteiger partial charge in [-0.25, -0.2) is 0 Å². The Balaban J connectivity index is 1.93. The third kappa shape index (κ3) is 4.84. The molecule has 3 rings (SSSR count). The summed E-state index contributed by atoms with van der Waals surface area (Å²) in [4.78, 5) is 14.8. The minimum atomic E-state index is -0.506. The smallest absolute Gasteiger partial charge is 0.288 e. The number of hydrogen-bond donors (Lipinski definition) is 1. The zero-order valence-corrected chi connectivity index (χ0v) is 16.5. The van der Waals surface area contributed by atoms with Gasteiger partial charge in [-0.15, -0.1) is 0 Å². The highest BCUT2D eigenvalue weighted by molar-refractivity contribution is 6.30. The van der Waals surface area contributed by atoms with Gasteiger partial charge in [-0.05, 0) is 56.4 Å². The predicted molar refractivity (Wildman–Crippen MR) is 104 cm³/mol. The number of halogens is 1. The highest BCUT2D eigenvalue weighted by Gasteiger charge is 2.39. The lowest BCUT2D eigenvalue weighted by Gasteiger charge is -2.37. The summed E-state index contributed by atoms with van der Waals surface area (Å²) >= 11 is 6.06. The molecule has 1 saturated heterocycles. The number of likely N-dealkylation sites (tertiary alicyclic amines) is 1. The first-order chi connectivity index (χ1) is 13.1. The molecule has 2 aliphatic heterocycles. The van der Waals surface area contributed by atoms with E-state index in [0.29, 0.717) is 23.8 Å². The average molecular weight is 394 g/mol. The number of amides is 1. The molecule has 1 aromatic rings. The van der Waals surface area contributed by atoms with Crippen molar-refractivity contribution in [3.8, 4) is 0 Å². The van der Waals surface area contributed by atoms with Crippen LogP contribution in [0, 0.1) is 5.92 Å². The number of aliphatic hydroxyl groups is 1. The molecule has 148 valence electrons. The van der Waals surface area contributed by atoms with Crippen molar-refractivity contribution in [1.82, 2.24) is 4.90 Å². The largest absolute Gasteiger partial charge is 0.459 e. The van der Waals surface area contributed by atoms with E-state index in [0.717, 1.165) is 37.9 Å². The zero-order chi connectivity index (χ0) is 19.2. The zero-order valence-electron chi connectivity index (χ0n) is 15.8. The third-order valence-corrected chi connectivity index (χ3v) is 5.52. The van der Waals surface area contributed by atoms with Crippen molar-refractivity contribution in [2.45, 2.75) is 44.8 Å². The van der Waals surface area contributed by atoms with Gasteiger partial charge in [-0.2, -0.15) is 0 Å². The quantitative estimate of drug-likeness (QED) is 0.767. The summed E-state index contributed by atoms with van der Waals surface area (Å²) in [5.74, 6) is 0.307. The Morgan fingerprint density at radius 2 is 2.00 bits per heavy atom. The Morgan fingerprint density at radius 1 is 1.30 bits per heavy atom. The van der Waals surface area contributed by atoms with Crippen LogP contribution in [0.3, 0.4) is 0 Å². The first-order valence-corrected chi connectivity index (χ1v) is 10.2. The maximum Gasteiger partial charge on any atom is 0.288 e. The fraction of sp³-hybridized carbons (Fsp3) is 0.571. The number of ether oxygens (including phenoxy) is 2. The van der Waals surface area contributed by atoms with Crippen molar-refractivity contribution in [1.29, 1.82) is 0 Å². The minimum Gasteiger partial charge on any atom is -0.459 e. The summed E-state index contributed by atoms with van der Waals surface area (Å²) in [7, 11) is 0. The molecule has 0 saturated carbocycles. The van der Waals surface area contributed by atoms with Crippen LogP contribution in [0.4, 0.5) is 0 Å².